The van der Waals surface area contributed by atoms with E-state index in [-0.39, 0.29) is 12.2 Å². The summed E-state index contributed by atoms with van der Waals surface area (Å²) in [5.74, 6) is 0. The number of aryl methyl sites for hydroxylation is 1. The van der Waals surface area contributed by atoms with Gasteiger partial charge in [0.1, 0.15) is 18.3 Å². The molecule has 1 aliphatic rings. The molecule has 2 heterocycles. The Morgan fingerprint density at radius 3 is 2.67 bits per heavy atom. The molecule has 0 bridgehead atoms. The molecule has 1 aromatic rings. The van der Waals surface area contributed by atoms with Crippen LogP contribution in [0.4, 0.5) is 0 Å². The van der Waals surface area contributed by atoms with Crippen LogP contribution in [-0.2, 0) is 4.74 Å². The maximum Gasteiger partial charge on any atom is 0.330 e. The van der Waals surface area contributed by atoms with E-state index in [0.717, 1.165) is 4.57 Å². The Kier molecular flexibility index (Phi) is 3.35. The molecule has 0 aliphatic carbocycles. The summed E-state index contributed by atoms with van der Waals surface area (Å²) in [6.07, 6.45) is -4.00. The van der Waals surface area contributed by atoms with Gasteiger partial charge < -0.3 is 20.1 Å². The van der Waals surface area contributed by atoms with E-state index in [2.05, 4.69) is 4.98 Å². The molecule has 0 unspecified atom stereocenters. The zero-order valence-corrected chi connectivity index (χ0v) is 9.61. The van der Waals surface area contributed by atoms with Crippen molar-refractivity contribution in [3.05, 3.63) is 32.6 Å². The quantitative estimate of drug-likeness (QED) is 0.440. The second-order valence-electron chi connectivity index (χ2n) is 4.25. The number of ether oxygens (including phenoxy) is 1. The van der Waals surface area contributed by atoms with Crippen LogP contribution < -0.4 is 11.2 Å². The van der Waals surface area contributed by atoms with Crippen molar-refractivity contribution in [2.45, 2.75) is 31.5 Å². The first-order valence-corrected chi connectivity index (χ1v) is 5.39. The zero-order chi connectivity index (χ0) is 13.4. The van der Waals surface area contributed by atoms with Gasteiger partial charge in [-0.2, -0.15) is 0 Å². The first-order valence-electron chi connectivity index (χ1n) is 5.39. The molecule has 1 aromatic heterocycles. The van der Waals surface area contributed by atoms with Crippen LogP contribution in [-0.4, -0.2) is 49.8 Å². The molecule has 4 atom stereocenters. The van der Waals surface area contributed by atoms with Crippen molar-refractivity contribution in [2.24, 2.45) is 0 Å². The Morgan fingerprint density at radius 1 is 1.33 bits per heavy atom. The Morgan fingerprint density at radius 2 is 2.00 bits per heavy atom. The molecule has 8 heteroatoms. The lowest BCUT2D eigenvalue weighted by Gasteiger charge is -2.35. The van der Waals surface area contributed by atoms with E-state index >= 15 is 0 Å². The van der Waals surface area contributed by atoms with Crippen molar-refractivity contribution in [1.29, 1.82) is 0 Å². The summed E-state index contributed by atoms with van der Waals surface area (Å²) in [6.45, 7) is 1.28. The molecule has 0 radical (unpaired) electrons. The van der Waals surface area contributed by atoms with Gasteiger partial charge in [0.15, 0.2) is 6.23 Å². The average molecular weight is 258 g/mol. The van der Waals surface area contributed by atoms with E-state index in [1.165, 1.54) is 13.1 Å². The summed E-state index contributed by atoms with van der Waals surface area (Å²) in [4.78, 5) is 24.9. The highest BCUT2D eigenvalue weighted by molar-refractivity contribution is 5.02. The lowest BCUT2D eigenvalue weighted by molar-refractivity contribution is -0.212. The average Bonchev–Trinajstić information content (AvgIpc) is 2.32. The SMILES string of the molecule is Cc1cn([C@@H]2OC[C@H](O)[C@@H](O)[C@H]2O)c(=O)[nH]c1=O. The van der Waals surface area contributed by atoms with Crippen molar-refractivity contribution in [3.63, 3.8) is 0 Å². The minimum absolute atomic E-state index is 0.215. The molecular formula is C10H14N2O6. The van der Waals surface area contributed by atoms with Gasteiger partial charge in [-0.1, -0.05) is 0 Å². The van der Waals surface area contributed by atoms with Crippen molar-refractivity contribution in [1.82, 2.24) is 9.55 Å². The second kappa shape index (κ2) is 4.65. The topological polar surface area (TPSA) is 125 Å². The Bertz CT molecular complexity index is 550. The van der Waals surface area contributed by atoms with Crippen molar-refractivity contribution in [2.75, 3.05) is 6.61 Å². The number of nitrogens with one attached hydrogen (secondary N) is 1. The van der Waals surface area contributed by atoms with Gasteiger partial charge in [0.05, 0.1) is 6.61 Å². The van der Waals surface area contributed by atoms with E-state index in [1.54, 1.807) is 0 Å². The minimum atomic E-state index is -1.46. The molecule has 0 saturated carbocycles. The molecule has 0 aromatic carbocycles. The highest BCUT2D eigenvalue weighted by Crippen LogP contribution is 2.22. The first kappa shape index (κ1) is 13.0. The molecule has 18 heavy (non-hydrogen) atoms. The van der Waals surface area contributed by atoms with E-state index < -0.39 is 35.8 Å². The molecule has 1 fully saturated rings. The number of aromatic amines is 1. The number of aliphatic hydroxyl groups is 3. The summed E-state index contributed by atoms with van der Waals surface area (Å²) in [5, 5.41) is 28.6. The fourth-order valence-corrected chi connectivity index (χ4v) is 1.81. The standard InChI is InChI=1S/C10H14N2O6/c1-4-2-12(10(17)11-8(4)16)9-7(15)6(14)5(13)3-18-9/h2,5-7,9,13-15H,3H2,1H3,(H,11,16,17)/t5-,6+,7+,9+/m0/s1. The van der Waals surface area contributed by atoms with Crippen LogP contribution >= 0.6 is 0 Å². The minimum Gasteiger partial charge on any atom is -0.388 e. The third-order valence-electron chi connectivity index (χ3n) is 2.89. The molecule has 0 amide bonds. The zero-order valence-electron chi connectivity index (χ0n) is 9.61. The summed E-state index contributed by atoms with van der Waals surface area (Å²) in [5.41, 5.74) is -1.01. The van der Waals surface area contributed by atoms with Gasteiger partial charge in [-0.05, 0) is 6.92 Å². The van der Waals surface area contributed by atoms with Gasteiger partial charge in [-0.15, -0.1) is 0 Å². The van der Waals surface area contributed by atoms with Crippen LogP contribution in [0.5, 0.6) is 0 Å². The van der Waals surface area contributed by atoms with E-state index in [1.807, 2.05) is 0 Å². The smallest absolute Gasteiger partial charge is 0.330 e. The van der Waals surface area contributed by atoms with Gasteiger partial charge in [0.25, 0.3) is 5.56 Å². The van der Waals surface area contributed by atoms with Crippen LogP contribution in [0.25, 0.3) is 0 Å². The molecule has 4 N–H and O–H groups in total. The van der Waals surface area contributed by atoms with Gasteiger partial charge in [-0.3, -0.25) is 14.3 Å². The third kappa shape index (κ3) is 2.10. The highest BCUT2D eigenvalue weighted by atomic mass is 16.5. The number of aromatic nitrogens is 2. The third-order valence-corrected chi connectivity index (χ3v) is 2.89. The molecule has 100 valence electrons. The maximum absolute atomic E-state index is 11.6. The predicted octanol–water partition coefficient (Wildman–Crippen LogP) is -2.54. The van der Waals surface area contributed by atoms with Gasteiger partial charge >= 0.3 is 5.69 Å². The maximum atomic E-state index is 11.6. The number of hydrogen-bond acceptors (Lipinski definition) is 6. The van der Waals surface area contributed by atoms with E-state index in [0.29, 0.717) is 0 Å². The molecule has 8 nitrogen and oxygen atoms in total. The van der Waals surface area contributed by atoms with Crippen molar-refractivity contribution >= 4 is 0 Å². The van der Waals surface area contributed by atoms with Crippen LogP contribution in [0, 0.1) is 6.92 Å². The van der Waals surface area contributed by atoms with Crippen LogP contribution in [0.1, 0.15) is 11.8 Å². The normalized spacial score (nSPS) is 32.4. The first-order chi connectivity index (χ1) is 8.41. The van der Waals surface area contributed by atoms with Crippen LogP contribution in [0.15, 0.2) is 15.8 Å². The summed E-state index contributed by atoms with van der Waals surface area (Å²) in [7, 11) is 0. The Hall–Kier alpha value is -1.48. The van der Waals surface area contributed by atoms with Gasteiger partial charge in [0, 0.05) is 11.8 Å². The summed E-state index contributed by atoms with van der Waals surface area (Å²) < 4.78 is 6.10. The second-order valence-corrected chi connectivity index (χ2v) is 4.25. The lowest BCUT2D eigenvalue weighted by atomic mass is 10.0. The van der Waals surface area contributed by atoms with Crippen molar-refractivity contribution in [3.8, 4) is 0 Å². The Balaban J connectivity index is 2.41. The number of aliphatic hydroxyl groups excluding tert-OH is 3. The predicted molar refractivity (Wildman–Crippen MR) is 59.1 cm³/mol. The lowest BCUT2D eigenvalue weighted by Crippen LogP contribution is -2.52. The van der Waals surface area contributed by atoms with Crippen molar-refractivity contribution < 1.29 is 20.1 Å². The van der Waals surface area contributed by atoms with Gasteiger partial charge in [-0.25, -0.2) is 4.79 Å². The molecule has 1 saturated heterocycles. The van der Waals surface area contributed by atoms with Crippen LogP contribution in [0.3, 0.4) is 0 Å². The summed E-state index contributed by atoms with van der Waals surface area (Å²) in [6, 6.07) is 0. The molecule has 1 aliphatic heterocycles. The number of hydrogen-bond donors (Lipinski definition) is 4. The number of H-pyrrole nitrogens is 1. The van der Waals surface area contributed by atoms with E-state index in [9.17, 15) is 24.9 Å². The highest BCUT2D eigenvalue weighted by Gasteiger charge is 2.39. The molecule has 0 spiro atoms. The summed E-state index contributed by atoms with van der Waals surface area (Å²) >= 11 is 0. The number of nitrogens with zero attached hydrogens (tertiary/aromatic N) is 1. The largest absolute Gasteiger partial charge is 0.388 e. The van der Waals surface area contributed by atoms with Gasteiger partial charge in [0.2, 0.25) is 0 Å². The monoisotopic (exact) mass is 258 g/mol. The van der Waals surface area contributed by atoms with E-state index in [4.69, 9.17) is 4.74 Å². The molecule has 2 rings (SSSR count). The number of rotatable bonds is 1. The Labute approximate surface area is 101 Å². The van der Waals surface area contributed by atoms with Crippen LogP contribution in [0.2, 0.25) is 0 Å². The fourth-order valence-electron chi connectivity index (χ4n) is 1.81. The fraction of sp³-hybridized carbons (Fsp3) is 0.600. The molecular weight excluding hydrogens is 244 g/mol.